The van der Waals surface area contributed by atoms with Crippen molar-refractivity contribution in [1.29, 1.82) is 0 Å². The minimum atomic E-state index is -0.511. The number of nitrogens with zero attached hydrogens (tertiary/aromatic N) is 1. The van der Waals surface area contributed by atoms with Crippen LogP contribution < -0.4 is 10.2 Å². The maximum absolute atomic E-state index is 13.4. The average Bonchev–Trinajstić information content (AvgIpc) is 3.07. The van der Waals surface area contributed by atoms with Crippen LogP contribution in [0.1, 0.15) is 41.1 Å². The number of fused-ring (bicyclic) bond motifs is 2. The molecule has 5 heteroatoms. The summed E-state index contributed by atoms with van der Waals surface area (Å²) in [7, 11) is 0. The van der Waals surface area contributed by atoms with Gasteiger partial charge in [0, 0.05) is 6.54 Å². The molecule has 0 aliphatic carbocycles. The van der Waals surface area contributed by atoms with Crippen LogP contribution in [0, 0.1) is 0 Å². The number of carbonyl (C=O) groups excluding carboxylic acids is 1. The number of benzene rings is 3. The highest BCUT2D eigenvalue weighted by atomic mass is 16.5. The van der Waals surface area contributed by atoms with Crippen LogP contribution in [0.15, 0.2) is 88.1 Å². The molecule has 0 radical (unpaired) electrons. The summed E-state index contributed by atoms with van der Waals surface area (Å²) < 4.78 is 11.9. The first-order valence-electron chi connectivity index (χ1n) is 10.4. The molecular weight excluding hydrogens is 390 g/mol. The average molecular weight is 411 g/mol. The molecule has 3 aromatic carbocycles. The molecule has 1 atom stereocenters. The van der Waals surface area contributed by atoms with Crippen LogP contribution in [0.25, 0.3) is 11.0 Å². The van der Waals surface area contributed by atoms with Gasteiger partial charge < -0.3 is 14.1 Å². The second-order valence-electron chi connectivity index (χ2n) is 7.56. The summed E-state index contributed by atoms with van der Waals surface area (Å²) >= 11 is 0. The summed E-state index contributed by atoms with van der Waals surface area (Å²) in [6.45, 7) is 2.53. The maximum Gasteiger partial charge on any atom is 0.290 e. The third-order valence-corrected chi connectivity index (χ3v) is 5.49. The van der Waals surface area contributed by atoms with Crippen molar-refractivity contribution in [2.45, 2.75) is 19.4 Å². The number of rotatable bonds is 5. The van der Waals surface area contributed by atoms with Gasteiger partial charge in [-0.15, -0.1) is 0 Å². The van der Waals surface area contributed by atoms with Crippen molar-refractivity contribution >= 4 is 16.9 Å². The van der Waals surface area contributed by atoms with E-state index in [0.29, 0.717) is 28.8 Å². The van der Waals surface area contributed by atoms with Crippen molar-refractivity contribution in [2.75, 3.05) is 6.54 Å². The summed E-state index contributed by atoms with van der Waals surface area (Å²) in [5.41, 5.74) is 1.48. The van der Waals surface area contributed by atoms with Gasteiger partial charge in [0.1, 0.15) is 17.1 Å². The fourth-order valence-electron chi connectivity index (χ4n) is 4.16. The van der Waals surface area contributed by atoms with Crippen LogP contribution in [0.2, 0.25) is 0 Å². The van der Waals surface area contributed by atoms with Crippen molar-refractivity contribution in [2.24, 2.45) is 0 Å². The molecule has 1 aliphatic rings. The van der Waals surface area contributed by atoms with Gasteiger partial charge in [-0.25, -0.2) is 0 Å². The molecular formula is C26H21NO4. The van der Waals surface area contributed by atoms with Crippen LogP contribution in [0.5, 0.6) is 11.5 Å². The Kier molecular flexibility index (Phi) is 4.79. The molecule has 5 rings (SSSR count). The number of hydrogen-bond donors (Lipinski definition) is 0. The Balaban J connectivity index is 1.65. The molecule has 1 aromatic heterocycles. The summed E-state index contributed by atoms with van der Waals surface area (Å²) in [6.07, 6.45) is 0.768. The molecule has 0 saturated carbocycles. The summed E-state index contributed by atoms with van der Waals surface area (Å²) in [4.78, 5) is 28.3. The third-order valence-electron chi connectivity index (χ3n) is 5.49. The normalized spacial score (nSPS) is 15.3. The summed E-state index contributed by atoms with van der Waals surface area (Å²) in [6, 6.07) is 23.6. The van der Waals surface area contributed by atoms with Gasteiger partial charge in [-0.05, 0) is 48.4 Å². The molecule has 0 saturated heterocycles. The highest BCUT2D eigenvalue weighted by molar-refractivity contribution is 5.99. The zero-order chi connectivity index (χ0) is 21.4. The SMILES string of the molecule is CCCN1C(=O)c2oc3ccccc3c(=O)c2[C@@H]1c1cccc(Oc2ccccc2)c1. The van der Waals surface area contributed by atoms with Gasteiger partial charge in [0.05, 0.1) is 17.0 Å². The van der Waals surface area contributed by atoms with E-state index in [0.717, 1.165) is 17.7 Å². The molecule has 0 N–H and O–H groups in total. The van der Waals surface area contributed by atoms with E-state index in [1.54, 1.807) is 29.2 Å². The van der Waals surface area contributed by atoms with Gasteiger partial charge in [0.2, 0.25) is 5.76 Å². The first kappa shape index (κ1) is 19.1. The van der Waals surface area contributed by atoms with E-state index in [-0.39, 0.29) is 17.1 Å². The molecule has 4 aromatic rings. The highest BCUT2D eigenvalue weighted by Gasteiger charge is 2.42. The second kappa shape index (κ2) is 7.76. The number of carbonyl (C=O) groups is 1. The zero-order valence-electron chi connectivity index (χ0n) is 17.1. The number of hydrogen-bond acceptors (Lipinski definition) is 4. The second-order valence-corrected chi connectivity index (χ2v) is 7.56. The minimum Gasteiger partial charge on any atom is -0.457 e. The van der Waals surface area contributed by atoms with E-state index in [1.165, 1.54) is 0 Å². The largest absolute Gasteiger partial charge is 0.457 e. The summed E-state index contributed by atoms with van der Waals surface area (Å²) in [5.74, 6) is 1.25. The predicted molar refractivity (Wildman–Crippen MR) is 119 cm³/mol. The Labute approximate surface area is 179 Å². The van der Waals surface area contributed by atoms with E-state index in [2.05, 4.69) is 0 Å². The van der Waals surface area contributed by atoms with E-state index in [1.807, 2.05) is 61.5 Å². The lowest BCUT2D eigenvalue weighted by Gasteiger charge is -2.25. The Morgan fingerprint density at radius 2 is 1.65 bits per heavy atom. The maximum atomic E-state index is 13.4. The molecule has 0 spiro atoms. The Morgan fingerprint density at radius 1 is 0.903 bits per heavy atom. The van der Waals surface area contributed by atoms with E-state index in [4.69, 9.17) is 9.15 Å². The van der Waals surface area contributed by atoms with E-state index >= 15 is 0 Å². The molecule has 0 unspecified atom stereocenters. The summed E-state index contributed by atoms with van der Waals surface area (Å²) in [5, 5.41) is 0.481. The highest BCUT2D eigenvalue weighted by Crippen LogP contribution is 2.39. The molecule has 2 heterocycles. The lowest BCUT2D eigenvalue weighted by atomic mass is 9.98. The molecule has 0 fully saturated rings. The van der Waals surface area contributed by atoms with Crippen LogP contribution in [0.4, 0.5) is 0 Å². The van der Waals surface area contributed by atoms with Crippen molar-refractivity contribution < 1.29 is 13.9 Å². The molecule has 154 valence electrons. The zero-order valence-corrected chi connectivity index (χ0v) is 17.1. The molecule has 31 heavy (non-hydrogen) atoms. The van der Waals surface area contributed by atoms with Crippen molar-refractivity contribution in [3.8, 4) is 11.5 Å². The lowest BCUT2D eigenvalue weighted by molar-refractivity contribution is 0.0728. The van der Waals surface area contributed by atoms with Gasteiger partial charge in [-0.2, -0.15) is 0 Å². The molecule has 1 amide bonds. The standard InChI is InChI=1S/C26H21NO4/c1-2-15-27-23(17-9-8-12-19(16-17)30-18-10-4-3-5-11-18)22-24(28)20-13-6-7-14-21(20)31-25(22)26(27)29/h3-14,16,23H,2,15H2,1H3/t23-/m0/s1. The first-order valence-corrected chi connectivity index (χ1v) is 10.4. The lowest BCUT2D eigenvalue weighted by Crippen LogP contribution is -2.30. The van der Waals surface area contributed by atoms with Crippen LogP contribution in [-0.2, 0) is 0 Å². The third kappa shape index (κ3) is 3.28. The molecule has 1 aliphatic heterocycles. The predicted octanol–water partition coefficient (Wildman–Crippen LogP) is 5.54. The van der Waals surface area contributed by atoms with Gasteiger partial charge >= 0.3 is 0 Å². The number of ether oxygens (including phenoxy) is 1. The number of para-hydroxylation sites is 2. The topological polar surface area (TPSA) is 59.8 Å². The van der Waals surface area contributed by atoms with Crippen molar-refractivity contribution in [1.82, 2.24) is 4.90 Å². The van der Waals surface area contributed by atoms with Crippen molar-refractivity contribution in [3.05, 3.63) is 106 Å². The van der Waals surface area contributed by atoms with Gasteiger partial charge in [-0.3, -0.25) is 9.59 Å². The van der Waals surface area contributed by atoms with Crippen molar-refractivity contribution in [3.63, 3.8) is 0 Å². The minimum absolute atomic E-state index is 0.136. The molecule has 5 nitrogen and oxygen atoms in total. The Hall–Kier alpha value is -3.86. The van der Waals surface area contributed by atoms with E-state index < -0.39 is 6.04 Å². The first-order chi connectivity index (χ1) is 15.2. The monoisotopic (exact) mass is 411 g/mol. The van der Waals surface area contributed by atoms with Crippen LogP contribution >= 0.6 is 0 Å². The van der Waals surface area contributed by atoms with Gasteiger partial charge in [-0.1, -0.05) is 49.4 Å². The van der Waals surface area contributed by atoms with Crippen LogP contribution in [-0.4, -0.2) is 17.4 Å². The smallest absolute Gasteiger partial charge is 0.290 e. The van der Waals surface area contributed by atoms with Gasteiger partial charge in [0.25, 0.3) is 5.91 Å². The fraction of sp³-hybridized carbons (Fsp3) is 0.154. The van der Waals surface area contributed by atoms with Crippen LogP contribution in [0.3, 0.4) is 0 Å². The van der Waals surface area contributed by atoms with Gasteiger partial charge in [0.15, 0.2) is 5.43 Å². The molecule has 0 bridgehead atoms. The Morgan fingerprint density at radius 3 is 2.45 bits per heavy atom. The number of amides is 1. The van der Waals surface area contributed by atoms with E-state index in [9.17, 15) is 9.59 Å². The Bertz CT molecular complexity index is 1330. The quantitative estimate of drug-likeness (QED) is 0.433. The fourth-order valence-corrected chi connectivity index (χ4v) is 4.16.